The van der Waals surface area contributed by atoms with Crippen LogP contribution in [0.4, 0.5) is 0 Å². The van der Waals surface area contributed by atoms with Crippen LogP contribution in [0.2, 0.25) is 0 Å². The fourth-order valence-electron chi connectivity index (χ4n) is 3.00. The van der Waals surface area contributed by atoms with Crippen LogP contribution in [-0.4, -0.2) is 17.3 Å². The largest absolute Gasteiger partial charge is 0.299 e. The summed E-state index contributed by atoms with van der Waals surface area (Å²) in [6.07, 6.45) is 5.40. The average molecular weight is 302 g/mol. The van der Waals surface area contributed by atoms with Crippen LogP contribution < -0.4 is 5.32 Å². The highest BCUT2D eigenvalue weighted by molar-refractivity contribution is 8.00. The van der Waals surface area contributed by atoms with Crippen LogP contribution in [0.3, 0.4) is 0 Å². The molecule has 2 rings (SSSR count). The van der Waals surface area contributed by atoms with Crippen molar-refractivity contribution in [1.82, 2.24) is 5.32 Å². The van der Waals surface area contributed by atoms with Crippen LogP contribution in [0.25, 0.3) is 0 Å². The lowest BCUT2D eigenvalue weighted by atomic mass is 9.82. The van der Waals surface area contributed by atoms with Gasteiger partial charge in [-0.2, -0.15) is 5.26 Å². The summed E-state index contributed by atoms with van der Waals surface area (Å²) in [6.45, 7) is 7.42. The summed E-state index contributed by atoms with van der Waals surface area (Å²) in [5.41, 5.74) is 2.36. The van der Waals surface area contributed by atoms with Gasteiger partial charge in [0.1, 0.15) is 5.54 Å². The lowest BCUT2D eigenvalue weighted by molar-refractivity contribution is 0.305. The van der Waals surface area contributed by atoms with Crippen molar-refractivity contribution in [2.75, 3.05) is 6.54 Å². The molecule has 21 heavy (non-hydrogen) atoms. The smallest absolute Gasteiger partial charge is 0.107 e. The second-order valence-electron chi connectivity index (χ2n) is 6.23. The molecular formula is C18H26N2S. The third-order valence-electron chi connectivity index (χ3n) is 4.27. The molecule has 2 unspecified atom stereocenters. The van der Waals surface area contributed by atoms with Crippen LogP contribution in [0.5, 0.6) is 0 Å². The molecular weight excluding hydrogens is 276 g/mol. The highest BCUT2D eigenvalue weighted by atomic mass is 32.2. The van der Waals surface area contributed by atoms with Gasteiger partial charge < -0.3 is 0 Å². The van der Waals surface area contributed by atoms with Gasteiger partial charge in [0.05, 0.1) is 6.07 Å². The van der Waals surface area contributed by atoms with Crippen molar-refractivity contribution in [3.05, 3.63) is 29.3 Å². The van der Waals surface area contributed by atoms with Gasteiger partial charge in [-0.15, -0.1) is 11.8 Å². The molecule has 0 amide bonds. The van der Waals surface area contributed by atoms with Gasteiger partial charge in [-0.05, 0) is 64.1 Å². The van der Waals surface area contributed by atoms with Gasteiger partial charge in [-0.25, -0.2) is 0 Å². The maximum Gasteiger partial charge on any atom is 0.107 e. The molecule has 0 spiro atoms. The minimum atomic E-state index is -0.302. The molecule has 0 radical (unpaired) electrons. The maximum absolute atomic E-state index is 9.63. The van der Waals surface area contributed by atoms with Gasteiger partial charge in [0.15, 0.2) is 0 Å². The number of nitrogens with one attached hydrogen (secondary N) is 1. The highest BCUT2D eigenvalue weighted by Gasteiger charge is 2.36. The first kappa shape index (κ1) is 16.4. The van der Waals surface area contributed by atoms with Crippen LogP contribution >= 0.6 is 11.8 Å². The van der Waals surface area contributed by atoms with Gasteiger partial charge in [-0.1, -0.05) is 24.6 Å². The summed E-state index contributed by atoms with van der Waals surface area (Å²) in [6, 6.07) is 9.22. The van der Waals surface area contributed by atoms with E-state index in [0.717, 1.165) is 32.2 Å². The first-order valence-electron chi connectivity index (χ1n) is 7.99. The Morgan fingerprint density at radius 2 is 2.24 bits per heavy atom. The van der Waals surface area contributed by atoms with E-state index in [4.69, 9.17) is 0 Å². The third-order valence-corrected chi connectivity index (χ3v) is 5.70. The minimum Gasteiger partial charge on any atom is -0.299 e. The Kier molecular flexibility index (Phi) is 5.72. The van der Waals surface area contributed by atoms with Gasteiger partial charge >= 0.3 is 0 Å². The Labute approximate surface area is 133 Å². The van der Waals surface area contributed by atoms with Crippen molar-refractivity contribution >= 4 is 11.8 Å². The molecule has 0 heterocycles. The number of nitrogens with zero attached hydrogens (tertiary/aromatic N) is 1. The number of aryl methyl sites for hydroxylation is 2. The van der Waals surface area contributed by atoms with Crippen molar-refractivity contribution in [3.8, 4) is 6.07 Å². The molecule has 0 saturated heterocycles. The SMILES string of the molecule is CCCNC1(C#N)CCCC(Sc2cc(C)ccc2C)C1. The molecule has 0 aliphatic heterocycles. The monoisotopic (exact) mass is 302 g/mol. The minimum absolute atomic E-state index is 0.302. The van der Waals surface area contributed by atoms with Gasteiger partial charge in [0.25, 0.3) is 0 Å². The van der Waals surface area contributed by atoms with Crippen molar-refractivity contribution in [2.45, 2.75) is 68.6 Å². The fourth-order valence-corrected chi connectivity index (χ4v) is 4.52. The second kappa shape index (κ2) is 7.33. The Morgan fingerprint density at radius 1 is 1.43 bits per heavy atom. The molecule has 0 bridgehead atoms. The molecule has 1 aliphatic rings. The fraction of sp³-hybridized carbons (Fsp3) is 0.611. The summed E-state index contributed by atoms with van der Waals surface area (Å²) in [5.74, 6) is 0. The quantitative estimate of drug-likeness (QED) is 0.863. The van der Waals surface area contributed by atoms with E-state index in [2.05, 4.69) is 50.4 Å². The zero-order chi connectivity index (χ0) is 15.3. The van der Waals surface area contributed by atoms with Gasteiger partial charge in [0.2, 0.25) is 0 Å². The summed E-state index contributed by atoms with van der Waals surface area (Å²) in [7, 11) is 0. The van der Waals surface area contributed by atoms with Crippen molar-refractivity contribution in [1.29, 1.82) is 5.26 Å². The number of rotatable bonds is 5. The number of nitriles is 1. The summed E-state index contributed by atoms with van der Waals surface area (Å²) >= 11 is 1.97. The first-order valence-corrected chi connectivity index (χ1v) is 8.87. The molecule has 1 aliphatic carbocycles. The molecule has 3 heteroatoms. The van der Waals surface area contributed by atoms with E-state index in [1.165, 1.54) is 22.4 Å². The molecule has 1 fully saturated rings. The number of benzene rings is 1. The Bertz CT molecular complexity index is 520. The van der Waals surface area contributed by atoms with E-state index in [0.29, 0.717) is 5.25 Å². The number of hydrogen-bond acceptors (Lipinski definition) is 3. The molecule has 2 nitrogen and oxygen atoms in total. The summed E-state index contributed by atoms with van der Waals surface area (Å²) in [4.78, 5) is 1.38. The highest BCUT2D eigenvalue weighted by Crippen LogP contribution is 2.39. The van der Waals surface area contributed by atoms with Gasteiger partial charge in [0, 0.05) is 10.1 Å². The summed E-state index contributed by atoms with van der Waals surface area (Å²) < 4.78 is 0. The van der Waals surface area contributed by atoms with Crippen LogP contribution in [0.1, 0.15) is 50.2 Å². The maximum atomic E-state index is 9.63. The normalized spacial score (nSPS) is 25.5. The Morgan fingerprint density at radius 3 is 2.95 bits per heavy atom. The average Bonchev–Trinajstić information content (AvgIpc) is 2.49. The van der Waals surface area contributed by atoms with E-state index in [1.54, 1.807) is 0 Å². The molecule has 0 aromatic heterocycles. The predicted molar refractivity (Wildman–Crippen MR) is 90.7 cm³/mol. The zero-order valence-electron chi connectivity index (χ0n) is 13.4. The lowest BCUT2D eigenvalue weighted by Crippen LogP contribution is -2.48. The van der Waals surface area contributed by atoms with E-state index in [1.807, 2.05) is 11.8 Å². The van der Waals surface area contributed by atoms with E-state index < -0.39 is 0 Å². The van der Waals surface area contributed by atoms with Crippen molar-refractivity contribution < 1.29 is 0 Å². The number of thioether (sulfide) groups is 1. The standard InChI is InChI=1S/C18H26N2S/c1-4-10-20-18(13-19)9-5-6-16(12-18)21-17-11-14(2)7-8-15(17)3/h7-8,11,16,20H,4-6,9-10,12H2,1-3H3. The molecule has 2 atom stereocenters. The topological polar surface area (TPSA) is 35.8 Å². The molecule has 114 valence electrons. The molecule has 1 aromatic carbocycles. The van der Waals surface area contributed by atoms with Gasteiger partial charge in [-0.3, -0.25) is 5.32 Å². The second-order valence-corrected chi connectivity index (χ2v) is 7.57. The third kappa shape index (κ3) is 4.25. The van der Waals surface area contributed by atoms with Crippen molar-refractivity contribution in [2.24, 2.45) is 0 Å². The lowest BCUT2D eigenvalue weighted by Gasteiger charge is -2.36. The Balaban J connectivity index is 2.07. The van der Waals surface area contributed by atoms with Crippen LogP contribution in [0.15, 0.2) is 23.1 Å². The molecule has 1 aromatic rings. The van der Waals surface area contributed by atoms with Crippen molar-refractivity contribution in [3.63, 3.8) is 0 Å². The summed E-state index contributed by atoms with van der Waals surface area (Å²) in [5, 5.41) is 13.7. The van der Waals surface area contributed by atoms with E-state index in [9.17, 15) is 5.26 Å². The predicted octanol–water partition coefficient (Wildman–Crippen LogP) is 4.60. The number of hydrogen-bond donors (Lipinski definition) is 1. The Hall–Kier alpha value is -0.980. The first-order chi connectivity index (χ1) is 10.1. The molecule has 1 saturated carbocycles. The van der Waals surface area contributed by atoms with Crippen LogP contribution in [0, 0.1) is 25.2 Å². The van der Waals surface area contributed by atoms with E-state index in [-0.39, 0.29) is 5.54 Å². The zero-order valence-corrected chi connectivity index (χ0v) is 14.2. The molecule has 1 N–H and O–H groups in total. The van der Waals surface area contributed by atoms with Crippen LogP contribution in [-0.2, 0) is 0 Å². The van der Waals surface area contributed by atoms with E-state index >= 15 is 0 Å².